The van der Waals surface area contributed by atoms with Crippen LogP contribution in [0.2, 0.25) is 0 Å². The Morgan fingerprint density at radius 2 is 1.88 bits per heavy atom. The average molecular weight is 477 g/mol. The molecule has 1 aliphatic heterocycles. The number of hydrogen-bond donors (Lipinski definition) is 1. The molecule has 0 fully saturated rings. The zero-order chi connectivity index (χ0) is 23.7. The minimum Gasteiger partial charge on any atom is -0.497 e. The largest absolute Gasteiger partial charge is 0.497 e. The van der Waals surface area contributed by atoms with Crippen molar-refractivity contribution < 1.29 is 14.2 Å². The van der Waals surface area contributed by atoms with Crippen LogP contribution in [0.25, 0.3) is 10.2 Å². The number of benzene rings is 2. The van der Waals surface area contributed by atoms with Crippen molar-refractivity contribution in [2.24, 2.45) is 0 Å². The van der Waals surface area contributed by atoms with Crippen molar-refractivity contribution in [3.05, 3.63) is 69.9 Å². The number of aryl methyl sites for hydroxylation is 2. The lowest BCUT2D eigenvalue weighted by atomic mass is 10.2. The SMILES string of the molecule is COc1cccc(CN(C)Cc2nc(NCc3ccc4c(c3)OCO4)c3c(C)c(C)sc3n2)c1. The molecule has 0 spiro atoms. The number of nitrogens with one attached hydrogen (secondary N) is 1. The van der Waals surface area contributed by atoms with Gasteiger partial charge in [0.25, 0.3) is 0 Å². The van der Waals surface area contributed by atoms with E-state index < -0.39 is 0 Å². The van der Waals surface area contributed by atoms with Gasteiger partial charge in [-0.2, -0.15) is 0 Å². The number of methoxy groups -OCH3 is 1. The van der Waals surface area contributed by atoms with Gasteiger partial charge in [0.15, 0.2) is 11.5 Å². The molecule has 0 saturated carbocycles. The molecular formula is C26H28N4O3S. The molecule has 0 saturated heterocycles. The Labute approximate surface area is 203 Å². The Balaban J connectivity index is 1.37. The molecule has 3 heterocycles. The normalized spacial score (nSPS) is 12.5. The predicted molar refractivity (Wildman–Crippen MR) is 135 cm³/mol. The summed E-state index contributed by atoms with van der Waals surface area (Å²) >= 11 is 1.72. The van der Waals surface area contributed by atoms with Crippen molar-refractivity contribution in [2.45, 2.75) is 33.5 Å². The first kappa shape index (κ1) is 22.4. The molecule has 0 aliphatic carbocycles. The van der Waals surface area contributed by atoms with Gasteiger partial charge in [-0.25, -0.2) is 9.97 Å². The molecule has 5 rings (SSSR count). The Morgan fingerprint density at radius 3 is 2.74 bits per heavy atom. The van der Waals surface area contributed by atoms with Crippen LogP contribution in [0, 0.1) is 13.8 Å². The maximum absolute atomic E-state index is 5.52. The lowest BCUT2D eigenvalue weighted by Crippen LogP contribution is -2.19. The van der Waals surface area contributed by atoms with Gasteiger partial charge in [-0.3, -0.25) is 4.90 Å². The van der Waals surface area contributed by atoms with E-state index in [1.165, 1.54) is 16.0 Å². The first-order valence-corrected chi connectivity index (χ1v) is 12.0. The monoisotopic (exact) mass is 476 g/mol. The third-order valence-electron chi connectivity index (χ3n) is 5.97. The van der Waals surface area contributed by atoms with Crippen LogP contribution < -0.4 is 19.5 Å². The summed E-state index contributed by atoms with van der Waals surface area (Å²) in [5, 5.41) is 4.65. The molecule has 0 amide bonds. The van der Waals surface area contributed by atoms with E-state index in [-0.39, 0.29) is 6.79 Å². The van der Waals surface area contributed by atoms with E-state index in [1.54, 1.807) is 18.4 Å². The molecule has 176 valence electrons. The van der Waals surface area contributed by atoms with Gasteiger partial charge in [-0.15, -0.1) is 11.3 Å². The lowest BCUT2D eigenvalue weighted by molar-refractivity contribution is 0.174. The van der Waals surface area contributed by atoms with Crippen LogP contribution in [-0.4, -0.2) is 35.8 Å². The molecule has 8 heteroatoms. The smallest absolute Gasteiger partial charge is 0.231 e. The number of thiophene rings is 1. The second kappa shape index (κ2) is 9.48. The summed E-state index contributed by atoms with van der Waals surface area (Å²) in [7, 11) is 3.77. The van der Waals surface area contributed by atoms with Crippen molar-refractivity contribution in [2.75, 3.05) is 26.3 Å². The Bertz CT molecular complexity index is 1340. The molecule has 0 bridgehead atoms. The van der Waals surface area contributed by atoms with Gasteiger partial charge in [0.1, 0.15) is 22.2 Å². The van der Waals surface area contributed by atoms with Crippen molar-refractivity contribution in [3.63, 3.8) is 0 Å². The summed E-state index contributed by atoms with van der Waals surface area (Å²) in [4.78, 5) is 14.3. The van der Waals surface area contributed by atoms with E-state index in [2.05, 4.69) is 43.2 Å². The lowest BCUT2D eigenvalue weighted by Gasteiger charge is -2.17. The van der Waals surface area contributed by atoms with Crippen LogP contribution >= 0.6 is 11.3 Å². The minimum absolute atomic E-state index is 0.277. The maximum Gasteiger partial charge on any atom is 0.231 e. The number of ether oxygens (including phenoxy) is 3. The van der Waals surface area contributed by atoms with E-state index in [4.69, 9.17) is 24.2 Å². The van der Waals surface area contributed by atoms with Gasteiger partial charge in [0.2, 0.25) is 6.79 Å². The summed E-state index contributed by atoms with van der Waals surface area (Å²) in [5.41, 5.74) is 3.52. The van der Waals surface area contributed by atoms with Crippen LogP contribution in [0.4, 0.5) is 5.82 Å². The van der Waals surface area contributed by atoms with E-state index in [0.29, 0.717) is 13.1 Å². The summed E-state index contributed by atoms with van der Waals surface area (Å²) in [6.45, 7) is 6.60. The van der Waals surface area contributed by atoms with Gasteiger partial charge in [-0.05, 0) is 61.9 Å². The highest BCUT2D eigenvalue weighted by atomic mass is 32.1. The van der Waals surface area contributed by atoms with Gasteiger partial charge < -0.3 is 19.5 Å². The molecule has 0 radical (unpaired) electrons. The molecule has 2 aromatic carbocycles. The summed E-state index contributed by atoms with van der Waals surface area (Å²) in [6.07, 6.45) is 0. The quantitative estimate of drug-likeness (QED) is 0.371. The molecule has 1 aliphatic rings. The highest BCUT2D eigenvalue weighted by Crippen LogP contribution is 2.35. The summed E-state index contributed by atoms with van der Waals surface area (Å²) in [5.74, 6) is 4.11. The Hall–Kier alpha value is -3.36. The molecule has 1 N–H and O–H groups in total. The third kappa shape index (κ3) is 4.64. The minimum atomic E-state index is 0.277. The van der Waals surface area contributed by atoms with E-state index in [1.807, 2.05) is 30.3 Å². The number of fused-ring (bicyclic) bond motifs is 2. The summed E-state index contributed by atoms with van der Waals surface area (Å²) in [6, 6.07) is 14.2. The first-order chi connectivity index (χ1) is 16.5. The molecular weight excluding hydrogens is 448 g/mol. The van der Waals surface area contributed by atoms with Crippen molar-refractivity contribution in [1.29, 1.82) is 0 Å². The number of anilines is 1. The standard InChI is InChI=1S/C26H28N4O3S/c1-16-17(2)34-26-24(16)25(27-12-18-8-9-21-22(11-18)33-15-32-21)28-23(29-26)14-30(3)13-19-6-5-7-20(10-19)31-4/h5-11H,12-15H2,1-4H3,(H,27,28,29). The van der Waals surface area contributed by atoms with Crippen LogP contribution in [0.5, 0.6) is 17.2 Å². The molecule has 0 unspecified atom stereocenters. The second-order valence-corrected chi connectivity index (χ2v) is 9.72. The van der Waals surface area contributed by atoms with Crippen LogP contribution in [0.3, 0.4) is 0 Å². The average Bonchev–Trinajstić information content (AvgIpc) is 3.41. The number of rotatable bonds is 8. The van der Waals surface area contributed by atoms with Crippen molar-refractivity contribution in [3.8, 4) is 17.2 Å². The van der Waals surface area contributed by atoms with Crippen molar-refractivity contribution >= 4 is 27.4 Å². The molecule has 34 heavy (non-hydrogen) atoms. The first-order valence-electron chi connectivity index (χ1n) is 11.2. The highest BCUT2D eigenvalue weighted by Gasteiger charge is 2.17. The zero-order valence-electron chi connectivity index (χ0n) is 19.8. The molecule has 4 aromatic rings. The van der Waals surface area contributed by atoms with E-state index in [9.17, 15) is 0 Å². The van der Waals surface area contributed by atoms with Gasteiger partial charge in [0, 0.05) is 18.0 Å². The third-order valence-corrected chi connectivity index (χ3v) is 7.07. The molecule has 0 atom stereocenters. The van der Waals surface area contributed by atoms with Gasteiger partial charge >= 0.3 is 0 Å². The fourth-order valence-electron chi connectivity index (χ4n) is 4.11. The van der Waals surface area contributed by atoms with Crippen molar-refractivity contribution in [1.82, 2.24) is 14.9 Å². The predicted octanol–water partition coefficient (Wildman–Crippen LogP) is 5.29. The fraction of sp³-hybridized carbons (Fsp3) is 0.308. The van der Waals surface area contributed by atoms with Gasteiger partial charge in [0.05, 0.1) is 19.0 Å². The van der Waals surface area contributed by atoms with Crippen LogP contribution in [0.1, 0.15) is 27.4 Å². The summed E-state index contributed by atoms with van der Waals surface area (Å²) < 4.78 is 16.3. The fourth-order valence-corrected chi connectivity index (χ4v) is 5.16. The number of nitrogens with zero attached hydrogens (tertiary/aromatic N) is 3. The van der Waals surface area contributed by atoms with Gasteiger partial charge in [-0.1, -0.05) is 18.2 Å². The number of aromatic nitrogens is 2. The number of hydrogen-bond acceptors (Lipinski definition) is 8. The maximum atomic E-state index is 5.52. The van der Waals surface area contributed by atoms with E-state index >= 15 is 0 Å². The van der Waals surface area contributed by atoms with Crippen LogP contribution in [-0.2, 0) is 19.6 Å². The van der Waals surface area contributed by atoms with Crippen LogP contribution in [0.15, 0.2) is 42.5 Å². The Kier molecular flexibility index (Phi) is 6.26. The van der Waals surface area contributed by atoms with E-state index in [0.717, 1.165) is 51.2 Å². The molecule has 7 nitrogen and oxygen atoms in total. The Morgan fingerprint density at radius 1 is 1.03 bits per heavy atom. The zero-order valence-corrected chi connectivity index (χ0v) is 20.7. The molecule has 2 aromatic heterocycles. The highest BCUT2D eigenvalue weighted by molar-refractivity contribution is 7.18. The second-order valence-electron chi connectivity index (χ2n) is 8.52. The topological polar surface area (TPSA) is 68.7 Å².